The Morgan fingerprint density at radius 2 is 1.80 bits per heavy atom. The third-order valence-corrected chi connectivity index (χ3v) is 9.77. The third-order valence-electron chi connectivity index (χ3n) is 7.31. The number of aliphatic hydroxyl groups excluding tert-OH is 2. The van der Waals surface area contributed by atoms with Crippen LogP contribution in [0.5, 0.6) is 11.5 Å². The smallest absolute Gasteiger partial charge is 0.168 e. The molecule has 10 heteroatoms. The Morgan fingerprint density at radius 3 is 2.60 bits per heavy atom. The molecule has 1 fully saturated rings. The molecule has 3 aromatic carbocycles. The number of hydrogen-bond donors (Lipinski definition) is 4. The summed E-state index contributed by atoms with van der Waals surface area (Å²) in [5.74, 6) is 3.06. The molecule has 1 saturated heterocycles. The zero-order valence-electron chi connectivity index (χ0n) is 22.0. The number of aliphatic hydroxyl groups is 2. The number of H-pyrrole nitrogens is 1. The molecule has 0 spiro atoms. The number of rotatable bonds is 9. The number of nitrogens with zero attached hydrogens (tertiary/aromatic N) is 1. The number of thioether (sulfide) groups is 1. The number of para-hydroxylation sites is 1. The molecule has 40 heavy (non-hydrogen) atoms. The number of nitrogens with one attached hydrogen (secondary N) is 2. The minimum Gasteiger partial charge on any atom is -0.486 e. The van der Waals surface area contributed by atoms with Crippen molar-refractivity contribution in [1.82, 2.24) is 14.6 Å². The van der Waals surface area contributed by atoms with E-state index < -0.39 is 17.2 Å². The van der Waals surface area contributed by atoms with Gasteiger partial charge < -0.3 is 24.7 Å². The highest BCUT2D eigenvalue weighted by Gasteiger charge is 2.25. The van der Waals surface area contributed by atoms with Gasteiger partial charge in [-0.2, -0.15) is 11.8 Å². The first kappa shape index (κ1) is 27.3. The molecule has 0 saturated carbocycles. The molecule has 3 atom stereocenters. The fourth-order valence-corrected chi connectivity index (χ4v) is 7.55. The van der Waals surface area contributed by atoms with Crippen molar-refractivity contribution in [1.29, 1.82) is 0 Å². The van der Waals surface area contributed by atoms with Crippen LogP contribution in [0.15, 0.2) is 71.8 Å². The maximum atomic E-state index is 13.0. The van der Waals surface area contributed by atoms with Crippen molar-refractivity contribution in [2.24, 2.45) is 0 Å². The number of benzene rings is 3. The van der Waals surface area contributed by atoms with E-state index in [1.807, 2.05) is 82.9 Å². The number of hydrogen-bond acceptors (Lipinski definition) is 7. The third kappa shape index (κ3) is 5.79. The zero-order valence-corrected chi connectivity index (χ0v) is 23.7. The van der Waals surface area contributed by atoms with Crippen molar-refractivity contribution in [3.63, 3.8) is 0 Å². The van der Waals surface area contributed by atoms with Crippen LogP contribution in [-0.2, 0) is 17.4 Å². The molecule has 2 aliphatic heterocycles. The van der Waals surface area contributed by atoms with Gasteiger partial charge in [0, 0.05) is 53.3 Å². The van der Waals surface area contributed by atoms with E-state index in [1.54, 1.807) is 0 Å². The molecule has 3 heterocycles. The lowest BCUT2D eigenvalue weighted by molar-refractivity contribution is 0.0958. The van der Waals surface area contributed by atoms with Crippen LogP contribution in [0.25, 0.3) is 22.0 Å². The lowest BCUT2D eigenvalue weighted by Gasteiger charge is -2.27. The summed E-state index contributed by atoms with van der Waals surface area (Å²) in [7, 11) is -1.18. The van der Waals surface area contributed by atoms with Crippen LogP contribution >= 0.6 is 11.8 Å². The Morgan fingerprint density at radius 1 is 1.02 bits per heavy atom. The van der Waals surface area contributed by atoms with E-state index in [0.717, 1.165) is 57.1 Å². The van der Waals surface area contributed by atoms with Crippen LogP contribution < -0.4 is 14.8 Å². The average molecular weight is 580 g/mol. The average Bonchev–Trinajstić information content (AvgIpc) is 3.42. The predicted molar refractivity (Wildman–Crippen MR) is 159 cm³/mol. The Balaban J connectivity index is 1.24. The van der Waals surface area contributed by atoms with Crippen LogP contribution in [0.4, 0.5) is 0 Å². The van der Waals surface area contributed by atoms with Crippen LogP contribution in [0, 0.1) is 0 Å². The maximum absolute atomic E-state index is 13.0. The van der Waals surface area contributed by atoms with Crippen molar-refractivity contribution in [3.05, 3.63) is 78.0 Å². The van der Waals surface area contributed by atoms with E-state index in [4.69, 9.17) is 9.47 Å². The Bertz CT molecular complexity index is 1490. The summed E-state index contributed by atoms with van der Waals surface area (Å²) in [5, 5.41) is 25.8. The second kappa shape index (κ2) is 12.3. The molecule has 0 bridgehead atoms. The molecule has 210 valence electrons. The molecular weight excluding hydrogens is 546 g/mol. The van der Waals surface area contributed by atoms with E-state index in [-0.39, 0.29) is 12.6 Å². The summed E-state index contributed by atoms with van der Waals surface area (Å²) < 4.78 is 26.9. The van der Waals surface area contributed by atoms with E-state index in [9.17, 15) is 14.4 Å². The van der Waals surface area contributed by atoms with Gasteiger partial charge in [-0.1, -0.05) is 30.3 Å². The molecule has 0 amide bonds. The summed E-state index contributed by atoms with van der Waals surface area (Å²) in [5.41, 5.74) is 4.40. The normalized spacial score (nSPS) is 17.9. The van der Waals surface area contributed by atoms with Gasteiger partial charge in [-0.3, -0.25) is 5.32 Å². The van der Waals surface area contributed by atoms with Gasteiger partial charge in [0.2, 0.25) is 0 Å². The van der Waals surface area contributed by atoms with Gasteiger partial charge in [-0.15, -0.1) is 0 Å². The summed E-state index contributed by atoms with van der Waals surface area (Å²) >= 11 is 1.89. The van der Waals surface area contributed by atoms with Crippen molar-refractivity contribution in [2.45, 2.75) is 23.6 Å². The largest absolute Gasteiger partial charge is 0.486 e. The molecule has 4 N–H and O–H groups in total. The van der Waals surface area contributed by atoms with Crippen molar-refractivity contribution < 1.29 is 23.9 Å². The van der Waals surface area contributed by atoms with Gasteiger partial charge in [0.15, 0.2) is 11.5 Å². The summed E-state index contributed by atoms with van der Waals surface area (Å²) in [6.07, 6.45) is 1.38. The van der Waals surface area contributed by atoms with Gasteiger partial charge in [0.05, 0.1) is 11.5 Å². The molecule has 3 unspecified atom stereocenters. The molecular formula is C30H33N3O5S2. The van der Waals surface area contributed by atoms with Gasteiger partial charge in [-0.25, -0.2) is 8.51 Å². The fourth-order valence-electron chi connectivity index (χ4n) is 5.23. The van der Waals surface area contributed by atoms with E-state index >= 15 is 0 Å². The lowest BCUT2D eigenvalue weighted by atomic mass is 9.99. The highest BCUT2D eigenvalue weighted by molar-refractivity contribution is 7.99. The first-order valence-electron chi connectivity index (χ1n) is 13.5. The minimum atomic E-state index is -1.18. The quantitative estimate of drug-likeness (QED) is 0.223. The Hall–Kier alpha value is -2.86. The first-order valence-corrected chi connectivity index (χ1v) is 15.8. The number of aromatic amines is 1. The van der Waals surface area contributed by atoms with E-state index in [1.165, 1.54) is 0 Å². The van der Waals surface area contributed by atoms with Gasteiger partial charge in [-0.05, 0) is 53.4 Å². The highest BCUT2D eigenvalue weighted by Crippen LogP contribution is 2.41. The number of aromatic nitrogens is 1. The van der Waals surface area contributed by atoms with Crippen LogP contribution in [-0.4, -0.2) is 74.2 Å². The molecule has 4 aromatic rings. The molecule has 0 radical (unpaired) electrons. The van der Waals surface area contributed by atoms with Gasteiger partial charge in [0.1, 0.15) is 30.4 Å². The Labute approximate surface area is 240 Å². The second-order valence-corrected chi connectivity index (χ2v) is 12.6. The van der Waals surface area contributed by atoms with E-state index in [0.29, 0.717) is 36.7 Å². The molecule has 1 aromatic heterocycles. The highest BCUT2D eigenvalue weighted by atomic mass is 32.2. The van der Waals surface area contributed by atoms with Gasteiger partial charge in [0.25, 0.3) is 0 Å². The molecule has 6 rings (SSSR count). The second-order valence-electron chi connectivity index (χ2n) is 9.92. The summed E-state index contributed by atoms with van der Waals surface area (Å²) in [4.78, 5) is 4.04. The summed E-state index contributed by atoms with van der Waals surface area (Å²) in [6, 6.07) is 19.2. The predicted octanol–water partition coefficient (Wildman–Crippen LogP) is 3.86. The Kier molecular flexibility index (Phi) is 8.43. The van der Waals surface area contributed by atoms with Crippen molar-refractivity contribution in [3.8, 4) is 22.6 Å². The summed E-state index contributed by atoms with van der Waals surface area (Å²) in [6.45, 7) is 2.31. The molecule has 0 aliphatic carbocycles. The SMILES string of the molecule is O=S(c1ccc(-c2cc3c(c(C(O)NC(CO)Cc4c[nH]c5ccccc45)c2)OCCO3)cc1)N1CCSCC1. The topological polar surface area (TPSA) is 107 Å². The zero-order chi connectivity index (χ0) is 27.5. The molecule has 2 aliphatic rings. The van der Waals surface area contributed by atoms with Crippen LogP contribution in [0.1, 0.15) is 17.4 Å². The number of ether oxygens (including phenoxy) is 2. The standard InChI is InChI=1S/C30H33N3O5S2/c34-19-23(15-22-18-31-27-4-2-1-3-25(22)27)32-30(35)26-16-21(17-28-29(26)38-12-11-37-28)20-5-7-24(8-6-20)40(36)33-9-13-39-14-10-33/h1-8,16-18,23,30-32,34-35H,9-15,19H2. The van der Waals surface area contributed by atoms with Crippen LogP contribution in [0.3, 0.4) is 0 Å². The minimum absolute atomic E-state index is 0.149. The molecule has 8 nitrogen and oxygen atoms in total. The monoisotopic (exact) mass is 579 g/mol. The van der Waals surface area contributed by atoms with E-state index in [2.05, 4.69) is 10.3 Å². The lowest BCUT2D eigenvalue weighted by Crippen LogP contribution is -2.37. The van der Waals surface area contributed by atoms with Crippen molar-refractivity contribution >= 4 is 33.7 Å². The van der Waals surface area contributed by atoms with Gasteiger partial charge >= 0.3 is 0 Å². The first-order chi connectivity index (χ1) is 19.6. The maximum Gasteiger partial charge on any atom is 0.168 e. The van der Waals surface area contributed by atoms with Crippen LogP contribution in [0.2, 0.25) is 0 Å². The van der Waals surface area contributed by atoms with Crippen molar-refractivity contribution in [2.75, 3.05) is 44.4 Å². The fraction of sp³-hybridized carbons (Fsp3) is 0.333. The number of fused-ring (bicyclic) bond motifs is 2.